The molecule has 0 atom stereocenters. The Morgan fingerprint density at radius 2 is 1.79 bits per heavy atom. The van der Waals surface area contributed by atoms with Crippen LogP contribution in [0.3, 0.4) is 0 Å². The summed E-state index contributed by atoms with van der Waals surface area (Å²) in [6, 6.07) is 8.73. The number of amides is 3. The van der Waals surface area contributed by atoms with Crippen molar-refractivity contribution in [1.29, 1.82) is 0 Å². The normalized spacial score (nSPS) is 10.5. The van der Waals surface area contributed by atoms with Gasteiger partial charge in [-0.3, -0.25) is 14.4 Å². The van der Waals surface area contributed by atoms with Crippen LogP contribution >= 0.6 is 0 Å². The highest BCUT2D eigenvalue weighted by Crippen LogP contribution is 2.08. The summed E-state index contributed by atoms with van der Waals surface area (Å²) in [5, 5.41) is 4.93. The van der Waals surface area contributed by atoms with Gasteiger partial charge in [-0.2, -0.15) is 0 Å². The first-order chi connectivity index (χ1) is 9.08. The van der Waals surface area contributed by atoms with Crippen LogP contribution in [0.15, 0.2) is 42.1 Å². The number of nitrogens with one attached hydrogen (secondary N) is 2. The van der Waals surface area contributed by atoms with Crippen LogP contribution in [-0.4, -0.2) is 37.2 Å². The van der Waals surface area contributed by atoms with Crippen molar-refractivity contribution < 1.29 is 14.4 Å². The predicted octanol–water partition coefficient (Wildman–Crippen LogP) is 0.343. The van der Waals surface area contributed by atoms with Crippen molar-refractivity contribution in [3.63, 3.8) is 0 Å². The molecule has 0 aliphatic carbocycles. The highest BCUT2D eigenvalue weighted by molar-refractivity contribution is 6.22. The molecule has 0 unspecified atom stereocenters. The zero-order valence-electron chi connectivity index (χ0n) is 10.7. The molecule has 1 aromatic carbocycles. The van der Waals surface area contributed by atoms with E-state index in [1.54, 1.807) is 24.3 Å². The van der Waals surface area contributed by atoms with Gasteiger partial charge in [0, 0.05) is 26.0 Å². The topological polar surface area (TPSA) is 78.5 Å². The van der Waals surface area contributed by atoms with Gasteiger partial charge < -0.3 is 15.5 Å². The van der Waals surface area contributed by atoms with E-state index in [0.717, 1.165) is 4.90 Å². The summed E-state index contributed by atoms with van der Waals surface area (Å²) in [6.07, 6.45) is 1.67. The number of carbonyl (C=O) groups is 3. The molecule has 0 spiro atoms. The fourth-order valence-corrected chi connectivity index (χ4v) is 1.31. The maximum Gasteiger partial charge on any atom is 0.262 e. The van der Waals surface area contributed by atoms with E-state index in [4.69, 9.17) is 0 Å². The molecule has 0 radical (unpaired) electrons. The molecule has 0 aliphatic rings. The highest BCUT2D eigenvalue weighted by Gasteiger charge is 2.18. The van der Waals surface area contributed by atoms with E-state index >= 15 is 0 Å². The first-order valence-corrected chi connectivity index (χ1v) is 5.56. The smallest absolute Gasteiger partial charge is 0.262 e. The number of benzene rings is 1. The minimum Gasteiger partial charge on any atom is -0.355 e. The summed E-state index contributed by atoms with van der Waals surface area (Å²) in [6.45, 7) is 0. The van der Waals surface area contributed by atoms with Crippen molar-refractivity contribution in [3.05, 3.63) is 42.1 Å². The monoisotopic (exact) mass is 261 g/mol. The largest absolute Gasteiger partial charge is 0.355 e. The Bertz CT molecular complexity index is 497. The second-order valence-corrected chi connectivity index (χ2v) is 3.71. The van der Waals surface area contributed by atoms with Gasteiger partial charge in [0.1, 0.15) is 5.57 Å². The first-order valence-electron chi connectivity index (χ1n) is 5.56. The average Bonchev–Trinajstić information content (AvgIpc) is 2.44. The van der Waals surface area contributed by atoms with Gasteiger partial charge in [0.25, 0.3) is 11.8 Å². The lowest BCUT2D eigenvalue weighted by molar-refractivity contribution is -0.121. The number of anilines is 1. The Morgan fingerprint density at radius 1 is 1.16 bits per heavy atom. The summed E-state index contributed by atoms with van der Waals surface area (Å²) < 4.78 is 0. The van der Waals surface area contributed by atoms with Gasteiger partial charge >= 0.3 is 0 Å². The molecule has 6 nitrogen and oxygen atoms in total. The van der Waals surface area contributed by atoms with E-state index < -0.39 is 11.8 Å². The van der Waals surface area contributed by atoms with Crippen LogP contribution in [0.1, 0.15) is 0 Å². The lowest BCUT2D eigenvalue weighted by Gasteiger charge is -2.10. The van der Waals surface area contributed by atoms with Crippen molar-refractivity contribution in [2.45, 2.75) is 0 Å². The molecule has 1 aromatic rings. The van der Waals surface area contributed by atoms with Crippen LogP contribution in [-0.2, 0) is 14.4 Å². The van der Waals surface area contributed by atoms with Crippen molar-refractivity contribution >= 4 is 23.9 Å². The molecule has 6 heteroatoms. The van der Waals surface area contributed by atoms with E-state index in [-0.39, 0.29) is 5.57 Å². The molecule has 0 saturated heterocycles. The van der Waals surface area contributed by atoms with Gasteiger partial charge in [-0.25, -0.2) is 0 Å². The number of hydrogen-bond donors (Lipinski definition) is 2. The molecule has 0 heterocycles. The fraction of sp³-hybridized carbons (Fsp3) is 0.154. The third kappa shape index (κ3) is 4.27. The van der Waals surface area contributed by atoms with Crippen LogP contribution in [0, 0.1) is 0 Å². The molecule has 0 fully saturated rings. The zero-order valence-corrected chi connectivity index (χ0v) is 10.7. The standard InChI is InChI=1S/C13H15N3O3/c1-14-12(18)11(8-16(2)9-17)13(19)15-10-6-4-3-5-7-10/h3-9H,1-2H3,(H,14,18)(H,15,19)/b11-8+. The van der Waals surface area contributed by atoms with E-state index in [0.29, 0.717) is 12.1 Å². The summed E-state index contributed by atoms with van der Waals surface area (Å²) in [7, 11) is 2.85. The van der Waals surface area contributed by atoms with Gasteiger partial charge in [0.05, 0.1) is 0 Å². The Balaban J connectivity index is 2.92. The van der Waals surface area contributed by atoms with Crippen molar-refractivity contribution in [3.8, 4) is 0 Å². The lowest BCUT2D eigenvalue weighted by Crippen LogP contribution is -2.30. The second-order valence-electron chi connectivity index (χ2n) is 3.71. The predicted molar refractivity (Wildman–Crippen MR) is 71.0 cm³/mol. The molecule has 0 saturated carbocycles. The van der Waals surface area contributed by atoms with Crippen molar-refractivity contribution in [1.82, 2.24) is 10.2 Å². The number of nitrogens with zero attached hydrogens (tertiary/aromatic N) is 1. The maximum absolute atomic E-state index is 12.0. The minimum atomic E-state index is -0.584. The van der Waals surface area contributed by atoms with Crippen LogP contribution in [0.2, 0.25) is 0 Å². The quantitative estimate of drug-likeness (QED) is 0.347. The maximum atomic E-state index is 12.0. The highest BCUT2D eigenvalue weighted by atomic mass is 16.2. The third-order valence-electron chi connectivity index (χ3n) is 2.25. The average molecular weight is 261 g/mol. The number of carbonyl (C=O) groups excluding carboxylic acids is 3. The van der Waals surface area contributed by atoms with Gasteiger partial charge in [-0.1, -0.05) is 18.2 Å². The van der Waals surface area contributed by atoms with E-state index in [9.17, 15) is 14.4 Å². The van der Waals surface area contributed by atoms with E-state index in [1.807, 2.05) is 6.07 Å². The molecule has 0 bridgehead atoms. The molecule has 19 heavy (non-hydrogen) atoms. The summed E-state index contributed by atoms with van der Waals surface area (Å²) >= 11 is 0. The van der Waals surface area contributed by atoms with Crippen LogP contribution in [0.25, 0.3) is 0 Å². The number of rotatable bonds is 5. The van der Waals surface area contributed by atoms with Crippen LogP contribution < -0.4 is 10.6 Å². The van der Waals surface area contributed by atoms with E-state index in [1.165, 1.54) is 20.3 Å². The van der Waals surface area contributed by atoms with Gasteiger partial charge in [0.2, 0.25) is 6.41 Å². The van der Waals surface area contributed by atoms with Crippen molar-refractivity contribution in [2.24, 2.45) is 0 Å². The molecular weight excluding hydrogens is 246 g/mol. The number of para-hydroxylation sites is 1. The Kier molecular flexibility index (Phi) is 5.28. The Labute approximate surface area is 111 Å². The van der Waals surface area contributed by atoms with Gasteiger partial charge in [-0.05, 0) is 12.1 Å². The summed E-state index contributed by atoms with van der Waals surface area (Å²) in [5.41, 5.74) is 0.414. The molecule has 0 aliphatic heterocycles. The molecule has 3 amide bonds. The number of hydrogen-bond acceptors (Lipinski definition) is 3. The molecule has 0 aromatic heterocycles. The zero-order chi connectivity index (χ0) is 14.3. The lowest BCUT2D eigenvalue weighted by atomic mass is 10.2. The minimum absolute atomic E-state index is 0.152. The Hall–Kier alpha value is -2.63. The fourth-order valence-electron chi connectivity index (χ4n) is 1.31. The third-order valence-corrected chi connectivity index (χ3v) is 2.25. The molecule has 100 valence electrons. The van der Waals surface area contributed by atoms with Crippen LogP contribution in [0.4, 0.5) is 5.69 Å². The summed E-state index contributed by atoms with van der Waals surface area (Å²) in [5.74, 6) is -1.15. The van der Waals surface area contributed by atoms with Crippen LogP contribution in [0.5, 0.6) is 0 Å². The Morgan fingerprint density at radius 3 is 2.32 bits per heavy atom. The molecule has 2 N–H and O–H groups in total. The van der Waals surface area contributed by atoms with Gasteiger partial charge in [0.15, 0.2) is 0 Å². The molecular formula is C13H15N3O3. The van der Waals surface area contributed by atoms with Crippen molar-refractivity contribution in [2.75, 3.05) is 19.4 Å². The second kappa shape index (κ2) is 6.95. The van der Waals surface area contributed by atoms with Gasteiger partial charge in [-0.15, -0.1) is 0 Å². The van der Waals surface area contributed by atoms with E-state index in [2.05, 4.69) is 10.6 Å². The first kappa shape index (κ1) is 14.4. The SMILES string of the molecule is CNC(=O)/C(=C\N(C)C=O)C(=O)Nc1ccccc1. The number of likely N-dealkylation sites (N-methyl/N-ethyl adjacent to an activating group) is 1. The molecule has 1 rings (SSSR count). The summed E-state index contributed by atoms with van der Waals surface area (Å²) in [4.78, 5) is 35.2.